The predicted octanol–water partition coefficient (Wildman–Crippen LogP) is -0.195. The first-order chi connectivity index (χ1) is 6.40. The maximum atomic E-state index is 11.8. The Labute approximate surface area is 86.0 Å². The number of rotatable bonds is 1. The lowest BCUT2D eigenvalue weighted by Crippen LogP contribution is -2.58. The highest BCUT2D eigenvalue weighted by Crippen LogP contribution is 2.04. The van der Waals surface area contributed by atoms with E-state index in [1.165, 1.54) is 0 Å². The van der Waals surface area contributed by atoms with E-state index in [-0.39, 0.29) is 17.5 Å². The van der Waals surface area contributed by atoms with E-state index in [1.54, 1.807) is 0 Å². The molecular formula is C10H21N3O. The molecule has 14 heavy (non-hydrogen) atoms. The Morgan fingerprint density at radius 3 is 2.64 bits per heavy atom. The molecule has 1 fully saturated rings. The van der Waals surface area contributed by atoms with Gasteiger partial charge in [-0.2, -0.15) is 0 Å². The van der Waals surface area contributed by atoms with Crippen LogP contribution in [0.15, 0.2) is 0 Å². The Hall–Kier alpha value is -0.610. The molecule has 1 atom stereocenters. The van der Waals surface area contributed by atoms with Crippen molar-refractivity contribution < 1.29 is 4.79 Å². The molecule has 1 heterocycles. The van der Waals surface area contributed by atoms with Crippen LogP contribution in [-0.4, -0.2) is 49.1 Å². The summed E-state index contributed by atoms with van der Waals surface area (Å²) in [4.78, 5) is 13.9. The largest absolute Gasteiger partial charge is 0.350 e. The third-order valence-corrected chi connectivity index (χ3v) is 2.31. The molecule has 4 heteroatoms. The van der Waals surface area contributed by atoms with Gasteiger partial charge in [0.1, 0.15) is 6.04 Å². The smallest absolute Gasteiger partial charge is 0.239 e. The highest BCUT2D eigenvalue weighted by Gasteiger charge is 2.27. The predicted molar refractivity (Wildman–Crippen MR) is 57.2 cm³/mol. The van der Waals surface area contributed by atoms with Crippen LogP contribution >= 0.6 is 0 Å². The van der Waals surface area contributed by atoms with Gasteiger partial charge >= 0.3 is 0 Å². The molecule has 0 spiro atoms. The van der Waals surface area contributed by atoms with Gasteiger partial charge in [0.05, 0.1) is 0 Å². The first-order valence-corrected chi connectivity index (χ1v) is 5.13. The Morgan fingerprint density at radius 2 is 2.14 bits per heavy atom. The standard InChI is InChI=1S/C10H21N3O/c1-10(2,3)12-9(14)8-7-11-5-6-13(8)4/h8,11H,5-7H2,1-4H3,(H,12,14)/t8-/m0/s1. The van der Waals surface area contributed by atoms with E-state index in [1.807, 2.05) is 27.8 Å². The van der Waals surface area contributed by atoms with Crippen molar-refractivity contribution >= 4 is 5.91 Å². The number of carbonyl (C=O) groups is 1. The number of nitrogens with one attached hydrogen (secondary N) is 2. The quantitative estimate of drug-likeness (QED) is 0.615. The minimum atomic E-state index is -0.143. The number of carbonyl (C=O) groups excluding carboxylic acids is 1. The second-order valence-corrected chi connectivity index (χ2v) is 4.94. The molecule has 0 bridgehead atoms. The molecule has 0 aliphatic carbocycles. The van der Waals surface area contributed by atoms with Crippen LogP contribution in [-0.2, 0) is 4.79 Å². The molecule has 0 unspecified atom stereocenters. The van der Waals surface area contributed by atoms with E-state index < -0.39 is 0 Å². The van der Waals surface area contributed by atoms with Crippen LogP contribution in [0.25, 0.3) is 0 Å². The fourth-order valence-electron chi connectivity index (χ4n) is 1.55. The van der Waals surface area contributed by atoms with E-state index in [0.29, 0.717) is 0 Å². The molecule has 4 nitrogen and oxygen atoms in total. The fourth-order valence-corrected chi connectivity index (χ4v) is 1.55. The molecule has 1 saturated heterocycles. The number of amides is 1. The molecule has 0 aromatic carbocycles. The highest BCUT2D eigenvalue weighted by molar-refractivity contribution is 5.82. The topological polar surface area (TPSA) is 44.4 Å². The summed E-state index contributed by atoms with van der Waals surface area (Å²) in [5.41, 5.74) is -0.143. The van der Waals surface area contributed by atoms with Gasteiger partial charge in [-0.25, -0.2) is 0 Å². The first-order valence-electron chi connectivity index (χ1n) is 5.13. The number of hydrogen-bond donors (Lipinski definition) is 2. The van der Waals surface area contributed by atoms with Gasteiger partial charge in [-0.05, 0) is 27.8 Å². The number of piperazine rings is 1. The molecule has 82 valence electrons. The summed E-state index contributed by atoms with van der Waals surface area (Å²) in [5, 5.41) is 6.23. The van der Waals surface area contributed by atoms with Gasteiger partial charge in [-0.15, -0.1) is 0 Å². The molecule has 1 aliphatic rings. The minimum Gasteiger partial charge on any atom is -0.350 e. The van der Waals surface area contributed by atoms with E-state index in [2.05, 4.69) is 15.5 Å². The molecule has 0 saturated carbocycles. The third-order valence-electron chi connectivity index (χ3n) is 2.31. The van der Waals surface area contributed by atoms with Crippen LogP contribution in [0, 0.1) is 0 Å². The van der Waals surface area contributed by atoms with Crippen molar-refractivity contribution in [2.75, 3.05) is 26.7 Å². The van der Waals surface area contributed by atoms with E-state index in [9.17, 15) is 4.79 Å². The van der Waals surface area contributed by atoms with Crippen LogP contribution in [0.5, 0.6) is 0 Å². The second kappa shape index (κ2) is 4.28. The molecule has 1 amide bonds. The van der Waals surface area contributed by atoms with Crippen molar-refractivity contribution in [1.82, 2.24) is 15.5 Å². The first kappa shape index (κ1) is 11.5. The van der Waals surface area contributed by atoms with E-state index >= 15 is 0 Å². The Bertz CT molecular complexity index is 210. The summed E-state index contributed by atoms with van der Waals surface area (Å²) in [6, 6.07) is -0.0250. The summed E-state index contributed by atoms with van der Waals surface area (Å²) < 4.78 is 0. The fraction of sp³-hybridized carbons (Fsp3) is 0.900. The van der Waals surface area contributed by atoms with Crippen molar-refractivity contribution in [3.05, 3.63) is 0 Å². The molecule has 0 aromatic heterocycles. The number of likely N-dealkylation sites (N-methyl/N-ethyl adjacent to an activating group) is 1. The zero-order chi connectivity index (χ0) is 10.8. The van der Waals surface area contributed by atoms with Crippen LogP contribution in [0.2, 0.25) is 0 Å². The summed E-state index contributed by atoms with van der Waals surface area (Å²) in [7, 11) is 1.99. The van der Waals surface area contributed by atoms with Gasteiger partial charge in [0, 0.05) is 25.2 Å². The van der Waals surface area contributed by atoms with E-state index in [4.69, 9.17) is 0 Å². The second-order valence-electron chi connectivity index (χ2n) is 4.94. The molecule has 2 N–H and O–H groups in total. The monoisotopic (exact) mass is 199 g/mol. The lowest BCUT2D eigenvalue weighted by molar-refractivity contribution is -0.127. The molecule has 0 radical (unpaired) electrons. The molecule has 0 aromatic rings. The van der Waals surface area contributed by atoms with Crippen molar-refractivity contribution in [2.45, 2.75) is 32.4 Å². The SMILES string of the molecule is CN1CCNC[C@H]1C(=O)NC(C)(C)C. The van der Waals surface area contributed by atoms with Gasteiger partial charge < -0.3 is 10.6 Å². The Balaban J connectivity index is 2.50. The lowest BCUT2D eigenvalue weighted by Gasteiger charge is -2.34. The van der Waals surface area contributed by atoms with Crippen LogP contribution in [0.3, 0.4) is 0 Å². The molecule has 1 aliphatic heterocycles. The van der Waals surface area contributed by atoms with Gasteiger partial charge in [0.15, 0.2) is 0 Å². The van der Waals surface area contributed by atoms with Crippen LogP contribution in [0.4, 0.5) is 0 Å². The Kier molecular flexibility index (Phi) is 3.50. The van der Waals surface area contributed by atoms with Gasteiger partial charge in [0.25, 0.3) is 0 Å². The number of hydrogen-bond acceptors (Lipinski definition) is 3. The average molecular weight is 199 g/mol. The summed E-state index contributed by atoms with van der Waals surface area (Å²) in [6.45, 7) is 8.65. The van der Waals surface area contributed by atoms with E-state index in [0.717, 1.165) is 19.6 Å². The zero-order valence-corrected chi connectivity index (χ0v) is 9.55. The maximum absolute atomic E-state index is 11.8. The van der Waals surface area contributed by atoms with Crippen LogP contribution in [0.1, 0.15) is 20.8 Å². The van der Waals surface area contributed by atoms with Gasteiger partial charge in [0.2, 0.25) is 5.91 Å². The average Bonchev–Trinajstić information content (AvgIpc) is 2.01. The van der Waals surface area contributed by atoms with Crippen molar-refractivity contribution in [3.8, 4) is 0 Å². The van der Waals surface area contributed by atoms with Crippen molar-refractivity contribution in [3.63, 3.8) is 0 Å². The minimum absolute atomic E-state index is 0.0250. The third kappa shape index (κ3) is 3.27. The van der Waals surface area contributed by atoms with Crippen LogP contribution < -0.4 is 10.6 Å². The normalized spacial score (nSPS) is 24.7. The number of nitrogens with zero attached hydrogens (tertiary/aromatic N) is 1. The zero-order valence-electron chi connectivity index (χ0n) is 9.55. The summed E-state index contributed by atoms with van der Waals surface area (Å²) in [6.07, 6.45) is 0. The van der Waals surface area contributed by atoms with Gasteiger partial charge in [-0.3, -0.25) is 9.69 Å². The molecular weight excluding hydrogens is 178 g/mol. The maximum Gasteiger partial charge on any atom is 0.239 e. The lowest BCUT2D eigenvalue weighted by atomic mass is 10.1. The highest BCUT2D eigenvalue weighted by atomic mass is 16.2. The summed E-state index contributed by atoms with van der Waals surface area (Å²) >= 11 is 0. The van der Waals surface area contributed by atoms with Crippen molar-refractivity contribution in [2.24, 2.45) is 0 Å². The summed E-state index contributed by atoms with van der Waals surface area (Å²) in [5.74, 6) is 0.118. The van der Waals surface area contributed by atoms with Gasteiger partial charge in [-0.1, -0.05) is 0 Å². The van der Waals surface area contributed by atoms with Crippen molar-refractivity contribution in [1.29, 1.82) is 0 Å². The Morgan fingerprint density at radius 1 is 1.50 bits per heavy atom. The molecule has 1 rings (SSSR count).